The molecule has 0 fully saturated rings. The van der Waals surface area contributed by atoms with Gasteiger partial charge in [-0.2, -0.15) is 0 Å². The standard InChI is InChI=1S/C20H26ClN3O/c1-3-13-24(14-4-2)20(25)19-10-9-18(15-23-19)22-12-11-16-5-7-17(21)8-6-16/h5-10,15,22H,3-4,11-14H2,1-2H3. The van der Waals surface area contributed by atoms with Gasteiger partial charge in [0, 0.05) is 24.7 Å². The Kier molecular flexibility index (Phi) is 7.74. The Bertz CT molecular complexity index is 650. The van der Waals surface area contributed by atoms with Crippen molar-refractivity contribution in [3.05, 3.63) is 58.9 Å². The minimum atomic E-state index is 0.0106. The second-order valence-corrected chi connectivity index (χ2v) is 6.46. The van der Waals surface area contributed by atoms with Gasteiger partial charge in [-0.15, -0.1) is 0 Å². The molecule has 1 aromatic heterocycles. The highest BCUT2D eigenvalue weighted by molar-refractivity contribution is 6.30. The molecule has 4 nitrogen and oxygen atoms in total. The number of carbonyl (C=O) groups is 1. The van der Waals surface area contributed by atoms with E-state index in [9.17, 15) is 4.79 Å². The lowest BCUT2D eigenvalue weighted by Gasteiger charge is -2.21. The molecule has 5 heteroatoms. The number of anilines is 1. The van der Waals surface area contributed by atoms with Crippen LogP contribution in [0.5, 0.6) is 0 Å². The van der Waals surface area contributed by atoms with Crippen molar-refractivity contribution < 1.29 is 4.79 Å². The maximum absolute atomic E-state index is 12.5. The van der Waals surface area contributed by atoms with Crippen molar-refractivity contribution in [2.75, 3.05) is 25.0 Å². The largest absolute Gasteiger partial charge is 0.383 e. The van der Waals surface area contributed by atoms with E-state index in [1.807, 2.05) is 35.2 Å². The summed E-state index contributed by atoms with van der Waals surface area (Å²) in [7, 11) is 0. The average molecular weight is 360 g/mol. The monoisotopic (exact) mass is 359 g/mol. The van der Waals surface area contributed by atoms with E-state index >= 15 is 0 Å². The number of benzene rings is 1. The average Bonchev–Trinajstić information content (AvgIpc) is 2.63. The van der Waals surface area contributed by atoms with Gasteiger partial charge in [-0.25, -0.2) is 4.98 Å². The summed E-state index contributed by atoms with van der Waals surface area (Å²) in [6.45, 7) is 6.51. The van der Waals surface area contributed by atoms with Crippen LogP contribution in [0.2, 0.25) is 5.02 Å². The van der Waals surface area contributed by atoms with E-state index in [1.165, 1.54) is 5.56 Å². The Morgan fingerprint density at radius 2 is 1.76 bits per heavy atom. The Hall–Kier alpha value is -2.07. The molecule has 0 aliphatic rings. The summed E-state index contributed by atoms with van der Waals surface area (Å²) in [5.74, 6) is 0.0106. The summed E-state index contributed by atoms with van der Waals surface area (Å²) < 4.78 is 0. The molecule has 1 N–H and O–H groups in total. The molecular weight excluding hydrogens is 334 g/mol. The predicted octanol–water partition coefficient (Wildman–Crippen LogP) is 4.65. The number of nitrogens with zero attached hydrogens (tertiary/aromatic N) is 2. The maximum atomic E-state index is 12.5. The summed E-state index contributed by atoms with van der Waals surface area (Å²) in [6, 6.07) is 11.6. The van der Waals surface area contributed by atoms with Crippen LogP contribution in [-0.2, 0) is 6.42 Å². The fourth-order valence-corrected chi connectivity index (χ4v) is 2.77. The third-order valence-electron chi connectivity index (χ3n) is 3.91. The number of halogens is 1. The molecule has 0 saturated carbocycles. The molecule has 0 atom stereocenters. The van der Waals surface area contributed by atoms with Gasteiger partial charge in [0.2, 0.25) is 0 Å². The molecule has 2 rings (SSSR count). The minimum absolute atomic E-state index is 0.0106. The highest BCUT2D eigenvalue weighted by Crippen LogP contribution is 2.12. The number of rotatable bonds is 9. The van der Waals surface area contributed by atoms with Crippen LogP contribution in [0.4, 0.5) is 5.69 Å². The molecule has 1 aromatic carbocycles. The lowest BCUT2D eigenvalue weighted by Crippen LogP contribution is -2.33. The number of hydrogen-bond donors (Lipinski definition) is 1. The van der Waals surface area contributed by atoms with Crippen molar-refractivity contribution in [3.63, 3.8) is 0 Å². The number of aromatic nitrogens is 1. The van der Waals surface area contributed by atoms with Crippen molar-refractivity contribution in [1.29, 1.82) is 0 Å². The molecule has 2 aromatic rings. The van der Waals surface area contributed by atoms with E-state index in [2.05, 4.69) is 24.1 Å². The van der Waals surface area contributed by atoms with Crippen LogP contribution < -0.4 is 5.32 Å². The van der Waals surface area contributed by atoms with Crippen LogP contribution in [0.15, 0.2) is 42.6 Å². The van der Waals surface area contributed by atoms with Crippen LogP contribution in [0, 0.1) is 0 Å². The van der Waals surface area contributed by atoms with Gasteiger partial charge < -0.3 is 10.2 Å². The highest BCUT2D eigenvalue weighted by Gasteiger charge is 2.15. The fraction of sp³-hybridized carbons (Fsp3) is 0.400. The summed E-state index contributed by atoms with van der Waals surface area (Å²) in [5.41, 5.74) is 2.65. The minimum Gasteiger partial charge on any atom is -0.383 e. The van der Waals surface area contributed by atoms with Gasteiger partial charge in [-0.3, -0.25) is 4.79 Å². The van der Waals surface area contributed by atoms with E-state index in [0.717, 1.165) is 49.6 Å². The molecule has 0 radical (unpaired) electrons. The first kappa shape index (κ1) is 19.3. The number of hydrogen-bond acceptors (Lipinski definition) is 3. The number of nitrogens with one attached hydrogen (secondary N) is 1. The van der Waals surface area contributed by atoms with E-state index in [4.69, 9.17) is 11.6 Å². The normalized spacial score (nSPS) is 10.5. The second-order valence-electron chi connectivity index (χ2n) is 6.03. The maximum Gasteiger partial charge on any atom is 0.272 e. The topological polar surface area (TPSA) is 45.2 Å². The number of carbonyl (C=O) groups excluding carboxylic acids is 1. The van der Waals surface area contributed by atoms with Crippen LogP contribution in [0.1, 0.15) is 42.7 Å². The van der Waals surface area contributed by atoms with Gasteiger partial charge in [0.1, 0.15) is 5.69 Å². The first-order chi connectivity index (χ1) is 12.1. The van der Waals surface area contributed by atoms with E-state index in [-0.39, 0.29) is 5.91 Å². The second kappa shape index (κ2) is 10.0. The van der Waals surface area contributed by atoms with E-state index < -0.39 is 0 Å². The summed E-state index contributed by atoms with van der Waals surface area (Å²) in [5, 5.41) is 4.08. The van der Waals surface area contributed by atoms with Gasteiger partial charge in [0.15, 0.2) is 0 Å². The smallest absolute Gasteiger partial charge is 0.272 e. The molecule has 0 saturated heterocycles. The van der Waals surface area contributed by atoms with Crippen molar-refractivity contribution >= 4 is 23.2 Å². The Balaban J connectivity index is 1.88. The van der Waals surface area contributed by atoms with E-state index in [1.54, 1.807) is 12.3 Å². The van der Waals surface area contributed by atoms with Crippen molar-refractivity contribution in [2.45, 2.75) is 33.1 Å². The highest BCUT2D eigenvalue weighted by atomic mass is 35.5. The lowest BCUT2D eigenvalue weighted by atomic mass is 10.1. The third kappa shape index (κ3) is 6.05. The van der Waals surface area contributed by atoms with Gasteiger partial charge in [-0.1, -0.05) is 37.6 Å². The SMILES string of the molecule is CCCN(CCC)C(=O)c1ccc(NCCc2ccc(Cl)cc2)cn1. The zero-order valence-electron chi connectivity index (χ0n) is 15.0. The first-order valence-corrected chi connectivity index (χ1v) is 9.25. The zero-order chi connectivity index (χ0) is 18.1. The molecule has 0 spiro atoms. The molecule has 0 aliphatic carbocycles. The van der Waals surface area contributed by atoms with Crippen LogP contribution >= 0.6 is 11.6 Å². The molecule has 1 amide bonds. The molecule has 134 valence electrons. The molecular formula is C20H26ClN3O. The van der Waals surface area contributed by atoms with Crippen molar-refractivity contribution in [1.82, 2.24) is 9.88 Å². The third-order valence-corrected chi connectivity index (χ3v) is 4.16. The quantitative estimate of drug-likeness (QED) is 0.708. The van der Waals surface area contributed by atoms with Crippen LogP contribution in [-0.4, -0.2) is 35.4 Å². The molecule has 25 heavy (non-hydrogen) atoms. The fourth-order valence-electron chi connectivity index (χ4n) is 2.64. The first-order valence-electron chi connectivity index (χ1n) is 8.87. The van der Waals surface area contributed by atoms with Gasteiger partial charge in [0.25, 0.3) is 5.91 Å². The Labute approximate surface area is 155 Å². The van der Waals surface area contributed by atoms with Gasteiger partial charge >= 0.3 is 0 Å². The summed E-state index contributed by atoms with van der Waals surface area (Å²) in [4.78, 5) is 18.7. The Morgan fingerprint density at radius 1 is 1.08 bits per heavy atom. The number of amides is 1. The summed E-state index contributed by atoms with van der Waals surface area (Å²) >= 11 is 5.89. The molecule has 0 aliphatic heterocycles. The lowest BCUT2D eigenvalue weighted by molar-refractivity contribution is 0.0749. The molecule has 0 unspecified atom stereocenters. The van der Waals surface area contributed by atoms with Crippen molar-refractivity contribution in [3.8, 4) is 0 Å². The van der Waals surface area contributed by atoms with Gasteiger partial charge in [0.05, 0.1) is 11.9 Å². The van der Waals surface area contributed by atoms with Crippen molar-refractivity contribution in [2.24, 2.45) is 0 Å². The molecule has 0 bridgehead atoms. The van der Waals surface area contributed by atoms with Crippen LogP contribution in [0.25, 0.3) is 0 Å². The summed E-state index contributed by atoms with van der Waals surface area (Å²) in [6.07, 6.45) is 4.54. The number of pyridine rings is 1. The predicted molar refractivity (Wildman–Crippen MR) is 104 cm³/mol. The Morgan fingerprint density at radius 3 is 2.32 bits per heavy atom. The van der Waals surface area contributed by atoms with E-state index in [0.29, 0.717) is 5.69 Å². The zero-order valence-corrected chi connectivity index (χ0v) is 15.7. The van der Waals surface area contributed by atoms with Gasteiger partial charge in [-0.05, 0) is 49.1 Å². The van der Waals surface area contributed by atoms with Crippen LogP contribution in [0.3, 0.4) is 0 Å². The molecule has 1 heterocycles.